The maximum atomic E-state index is 9.11. The van der Waals surface area contributed by atoms with Crippen molar-refractivity contribution in [2.24, 2.45) is 0 Å². The molecule has 5 heteroatoms. The van der Waals surface area contributed by atoms with Gasteiger partial charge >= 0.3 is 0 Å². The van der Waals surface area contributed by atoms with Crippen LogP contribution in [0.1, 0.15) is 22.5 Å². The Balaban J connectivity index is 2.36. The number of hydrogen-bond acceptors (Lipinski definition) is 3. The summed E-state index contributed by atoms with van der Waals surface area (Å²) in [4.78, 5) is 9.03. The Hall–Kier alpha value is -2.38. The Bertz CT molecular complexity index is 874. The first kappa shape index (κ1) is 13.6. The summed E-state index contributed by atoms with van der Waals surface area (Å²) < 4.78 is 1.93. The van der Waals surface area contributed by atoms with Crippen molar-refractivity contribution in [2.75, 3.05) is 0 Å². The van der Waals surface area contributed by atoms with Crippen LogP contribution in [0.4, 0.5) is 0 Å². The minimum atomic E-state index is 0.283. The number of nitriles is 1. The number of alkyl halides is 1. The standard InChI is InChI=1S/C16H13ClN4/c1-10-5-13-16(19-9-10)21(15(7-17)20-13)14-6-12(8-18)4-3-11(14)2/h3-6,9H,7H2,1-2H3. The number of benzene rings is 1. The average molecular weight is 297 g/mol. The van der Waals surface area contributed by atoms with E-state index in [0.717, 1.165) is 33.8 Å². The molecule has 0 unspecified atom stereocenters. The highest BCUT2D eigenvalue weighted by molar-refractivity contribution is 6.17. The third-order valence-electron chi connectivity index (χ3n) is 3.40. The molecule has 0 spiro atoms. The van der Waals surface area contributed by atoms with E-state index in [9.17, 15) is 0 Å². The number of rotatable bonds is 2. The largest absolute Gasteiger partial charge is 0.279 e. The molecule has 21 heavy (non-hydrogen) atoms. The van der Waals surface area contributed by atoms with Gasteiger partial charge in [0.15, 0.2) is 5.65 Å². The predicted octanol–water partition coefficient (Wildman–Crippen LogP) is 3.65. The summed E-state index contributed by atoms with van der Waals surface area (Å²) in [6.45, 7) is 3.97. The van der Waals surface area contributed by atoms with Crippen molar-refractivity contribution in [3.63, 3.8) is 0 Å². The molecule has 3 rings (SSSR count). The van der Waals surface area contributed by atoms with Crippen molar-refractivity contribution in [1.82, 2.24) is 14.5 Å². The van der Waals surface area contributed by atoms with E-state index in [-0.39, 0.29) is 5.88 Å². The van der Waals surface area contributed by atoms with Crippen molar-refractivity contribution in [3.05, 3.63) is 53.0 Å². The van der Waals surface area contributed by atoms with Crippen LogP contribution in [-0.2, 0) is 5.88 Å². The van der Waals surface area contributed by atoms with Gasteiger partial charge in [0.05, 0.1) is 23.2 Å². The van der Waals surface area contributed by atoms with E-state index in [4.69, 9.17) is 16.9 Å². The summed E-state index contributed by atoms with van der Waals surface area (Å²) in [6.07, 6.45) is 1.81. The zero-order chi connectivity index (χ0) is 15.0. The zero-order valence-electron chi connectivity index (χ0n) is 11.8. The van der Waals surface area contributed by atoms with Crippen LogP contribution in [-0.4, -0.2) is 14.5 Å². The van der Waals surface area contributed by atoms with Crippen LogP contribution in [0, 0.1) is 25.2 Å². The van der Waals surface area contributed by atoms with E-state index in [2.05, 4.69) is 16.0 Å². The Morgan fingerprint density at radius 1 is 1.29 bits per heavy atom. The number of nitrogens with zero attached hydrogens (tertiary/aromatic N) is 4. The molecule has 0 saturated heterocycles. The van der Waals surface area contributed by atoms with Gasteiger partial charge in [-0.1, -0.05) is 6.07 Å². The molecule has 0 amide bonds. The fourth-order valence-electron chi connectivity index (χ4n) is 2.38. The molecule has 2 aromatic heterocycles. The molecule has 0 fully saturated rings. The van der Waals surface area contributed by atoms with Gasteiger partial charge in [-0.2, -0.15) is 5.26 Å². The van der Waals surface area contributed by atoms with Crippen molar-refractivity contribution in [3.8, 4) is 11.8 Å². The van der Waals surface area contributed by atoms with Gasteiger partial charge in [0.2, 0.25) is 0 Å². The van der Waals surface area contributed by atoms with Crippen LogP contribution < -0.4 is 0 Å². The number of aromatic nitrogens is 3. The lowest BCUT2D eigenvalue weighted by Gasteiger charge is -2.10. The minimum absolute atomic E-state index is 0.283. The van der Waals surface area contributed by atoms with Gasteiger partial charge in [-0.15, -0.1) is 11.6 Å². The highest BCUT2D eigenvalue weighted by Gasteiger charge is 2.15. The molecule has 1 aromatic carbocycles. The van der Waals surface area contributed by atoms with Gasteiger partial charge in [-0.3, -0.25) is 4.57 Å². The molecule has 0 aliphatic heterocycles. The van der Waals surface area contributed by atoms with E-state index in [1.54, 1.807) is 6.07 Å². The lowest BCUT2D eigenvalue weighted by atomic mass is 10.1. The number of halogens is 1. The second kappa shape index (κ2) is 5.19. The van der Waals surface area contributed by atoms with Crippen LogP contribution in [0.25, 0.3) is 16.9 Å². The van der Waals surface area contributed by atoms with Gasteiger partial charge in [0, 0.05) is 6.20 Å². The van der Waals surface area contributed by atoms with Crippen molar-refractivity contribution in [2.45, 2.75) is 19.7 Å². The molecule has 2 heterocycles. The smallest absolute Gasteiger partial charge is 0.164 e. The van der Waals surface area contributed by atoms with Crippen LogP contribution in [0.3, 0.4) is 0 Å². The third-order valence-corrected chi connectivity index (χ3v) is 3.64. The number of pyridine rings is 1. The molecule has 0 atom stereocenters. The minimum Gasteiger partial charge on any atom is -0.279 e. The number of fused-ring (bicyclic) bond motifs is 1. The summed E-state index contributed by atoms with van der Waals surface area (Å²) >= 11 is 6.04. The Morgan fingerprint density at radius 2 is 2.10 bits per heavy atom. The summed E-state index contributed by atoms with van der Waals surface area (Å²) in [5, 5.41) is 9.11. The first-order chi connectivity index (χ1) is 10.1. The van der Waals surface area contributed by atoms with E-state index in [1.807, 2.05) is 42.8 Å². The Labute approximate surface area is 127 Å². The van der Waals surface area contributed by atoms with Crippen molar-refractivity contribution < 1.29 is 0 Å². The third kappa shape index (κ3) is 2.26. The molecular weight excluding hydrogens is 284 g/mol. The molecule has 4 nitrogen and oxygen atoms in total. The first-order valence-corrected chi connectivity index (χ1v) is 7.08. The molecule has 104 valence electrons. The summed E-state index contributed by atoms with van der Waals surface area (Å²) in [6, 6.07) is 9.71. The van der Waals surface area contributed by atoms with Gasteiger partial charge < -0.3 is 0 Å². The molecule has 0 N–H and O–H groups in total. The van der Waals surface area contributed by atoms with Gasteiger partial charge in [0.1, 0.15) is 11.3 Å². The predicted molar refractivity (Wildman–Crippen MR) is 82.6 cm³/mol. The highest BCUT2D eigenvalue weighted by atomic mass is 35.5. The van der Waals surface area contributed by atoms with E-state index < -0.39 is 0 Å². The number of hydrogen-bond donors (Lipinski definition) is 0. The number of aryl methyl sites for hydroxylation is 2. The molecule has 3 aromatic rings. The monoisotopic (exact) mass is 296 g/mol. The average Bonchev–Trinajstić information content (AvgIpc) is 2.85. The molecule has 0 aliphatic rings. The van der Waals surface area contributed by atoms with Crippen LogP contribution >= 0.6 is 11.6 Å². The highest BCUT2D eigenvalue weighted by Crippen LogP contribution is 2.24. The van der Waals surface area contributed by atoms with Crippen LogP contribution in [0.2, 0.25) is 0 Å². The summed E-state index contributed by atoms with van der Waals surface area (Å²) in [7, 11) is 0. The lowest BCUT2D eigenvalue weighted by molar-refractivity contribution is 0.959. The zero-order valence-corrected chi connectivity index (χ0v) is 12.5. The lowest BCUT2D eigenvalue weighted by Crippen LogP contribution is -2.03. The van der Waals surface area contributed by atoms with Gasteiger partial charge in [-0.05, 0) is 43.2 Å². The molecule has 0 saturated carbocycles. The Kier molecular flexibility index (Phi) is 3.36. The van der Waals surface area contributed by atoms with Gasteiger partial charge in [-0.25, -0.2) is 9.97 Å². The second-order valence-electron chi connectivity index (χ2n) is 4.97. The molecule has 0 bridgehead atoms. The van der Waals surface area contributed by atoms with Crippen LogP contribution in [0.15, 0.2) is 30.5 Å². The van der Waals surface area contributed by atoms with Crippen molar-refractivity contribution in [1.29, 1.82) is 5.26 Å². The molecular formula is C16H13ClN4. The fourth-order valence-corrected chi connectivity index (χ4v) is 2.55. The second-order valence-corrected chi connectivity index (χ2v) is 5.23. The van der Waals surface area contributed by atoms with Crippen molar-refractivity contribution >= 4 is 22.8 Å². The quantitative estimate of drug-likeness (QED) is 0.678. The summed E-state index contributed by atoms with van der Waals surface area (Å²) in [5.41, 5.74) is 5.16. The van der Waals surface area contributed by atoms with Gasteiger partial charge in [0.25, 0.3) is 0 Å². The molecule has 0 aliphatic carbocycles. The van der Waals surface area contributed by atoms with E-state index in [0.29, 0.717) is 5.56 Å². The normalized spacial score (nSPS) is 10.8. The Morgan fingerprint density at radius 3 is 2.81 bits per heavy atom. The topological polar surface area (TPSA) is 54.5 Å². The maximum absolute atomic E-state index is 9.11. The SMILES string of the molecule is Cc1cnc2c(c1)nc(CCl)n2-c1cc(C#N)ccc1C. The first-order valence-electron chi connectivity index (χ1n) is 6.55. The maximum Gasteiger partial charge on any atom is 0.164 e. The fraction of sp³-hybridized carbons (Fsp3) is 0.188. The number of imidazole rings is 1. The van der Waals surface area contributed by atoms with E-state index in [1.165, 1.54) is 0 Å². The molecule has 0 radical (unpaired) electrons. The van der Waals surface area contributed by atoms with E-state index >= 15 is 0 Å². The summed E-state index contributed by atoms with van der Waals surface area (Å²) in [5.74, 6) is 1.01. The van der Waals surface area contributed by atoms with Crippen LogP contribution in [0.5, 0.6) is 0 Å².